The van der Waals surface area contributed by atoms with Crippen molar-refractivity contribution in [3.05, 3.63) is 76.3 Å². The van der Waals surface area contributed by atoms with Crippen LogP contribution in [0.15, 0.2) is 55.1 Å². The Bertz CT molecular complexity index is 694. The number of ether oxygens (including phenoxy) is 2. The SMILES string of the molecule is C=CC=C(c1ccc(OCC)c(Cl)c1)c1ccc(OCC)c(Cl)c1. The Morgan fingerprint density at radius 2 is 1.38 bits per heavy atom. The fraction of sp³-hybridized carbons (Fsp3) is 0.200. The summed E-state index contributed by atoms with van der Waals surface area (Å²) in [6.45, 7) is 8.79. The van der Waals surface area contributed by atoms with Gasteiger partial charge in [-0.1, -0.05) is 54.1 Å². The lowest BCUT2D eigenvalue weighted by molar-refractivity contribution is 0.340. The maximum absolute atomic E-state index is 6.31. The highest BCUT2D eigenvalue weighted by molar-refractivity contribution is 6.32. The van der Waals surface area contributed by atoms with Crippen LogP contribution in [0.4, 0.5) is 0 Å². The first kappa shape index (κ1) is 18.4. The molecule has 0 bridgehead atoms. The molecule has 2 rings (SSSR count). The van der Waals surface area contributed by atoms with Crippen molar-refractivity contribution >= 4 is 28.8 Å². The minimum absolute atomic E-state index is 0.571. The number of hydrogen-bond donors (Lipinski definition) is 0. The van der Waals surface area contributed by atoms with Gasteiger partial charge in [-0.05, 0) is 54.8 Å². The maximum atomic E-state index is 6.31. The number of benzene rings is 2. The van der Waals surface area contributed by atoms with E-state index >= 15 is 0 Å². The van der Waals surface area contributed by atoms with Crippen molar-refractivity contribution in [2.45, 2.75) is 13.8 Å². The zero-order valence-corrected chi connectivity index (χ0v) is 15.3. The second-order valence-corrected chi connectivity index (χ2v) is 5.79. The molecule has 0 radical (unpaired) electrons. The molecule has 2 nitrogen and oxygen atoms in total. The van der Waals surface area contributed by atoms with Gasteiger partial charge in [-0.15, -0.1) is 0 Å². The van der Waals surface area contributed by atoms with E-state index in [0.717, 1.165) is 16.7 Å². The molecule has 4 heteroatoms. The monoisotopic (exact) mass is 362 g/mol. The van der Waals surface area contributed by atoms with Crippen LogP contribution < -0.4 is 9.47 Å². The Morgan fingerprint density at radius 1 is 0.917 bits per heavy atom. The Morgan fingerprint density at radius 3 is 1.71 bits per heavy atom. The Kier molecular flexibility index (Phi) is 6.77. The minimum atomic E-state index is 0.571. The summed E-state index contributed by atoms with van der Waals surface area (Å²) in [5, 5.41) is 1.14. The van der Waals surface area contributed by atoms with E-state index < -0.39 is 0 Å². The van der Waals surface area contributed by atoms with Gasteiger partial charge in [0.05, 0.1) is 23.3 Å². The third kappa shape index (κ3) is 4.34. The predicted octanol–water partition coefficient (Wildman–Crippen LogP) is 6.41. The summed E-state index contributed by atoms with van der Waals surface area (Å²) in [6, 6.07) is 11.4. The molecule has 0 amide bonds. The van der Waals surface area contributed by atoms with Crippen LogP contribution in [0.25, 0.3) is 5.57 Å². The van der Waals surface area contributed by atoms with Gasteiger partial charge in [0.1, 0.15) is 11.5 Å². The van der Waals surface area contributed by atoms with Crippen LogP contribution in [0.5, 0.6) is 11.5 Å². The average Bonchev–Trinajstić information content (AvgIpc) is 2.57. The second-order valence-electron chi connectivity index (χ2n) is 4.97. The maximum Gasteiger partial charge on any atom is 0.137 e. The first-order valence-corrected chi connectivity index (χ1v) is 8.54. The normalized spacial score (nSPS) is 10.2. The number of hydrogen-bond acceptors (Lipinski definition) is 2. The van der Waals surface area contributed by atoms with Crippen molar-refractivity contribution in [3.8, 4) is 11.5 Å². The number of allylic oxidation sites excluding steroid dienone is 2. The van der Waals surface area contributed by atoms with E-state index in [2.05, 4.69) is 6.58 Å². The summed E-state index contributed by atoms with van der Waals surface area (Å²) >= 11 is 12.6. The van der Waals surface area contributed by atoms with E-state index in [1.807, 2.05) is 56.3 Å². The first-order chi connectivity index (χ1) is 11.6. The van der Waals surface area contributed by atoms with Gasteiger partial charge < -0.3 is 9.47 Å². The van der Waals surface area contributed by atoms with Crippen LogP contribution in [-0.2, 0) is 0 Å². The van der Waals surface area contributed by atoms with Crippen molar-refractivity contribution in [2.75, 3.05) is 13.2 Å². The summed E-state index contributed by atoms with van der Waals surface area (Å²) in [6.07, 6.45) is 3.67. The van der Waals surface area contributed by atoms with Gasteiger partial charge in [0.2, 0.25) is 0 Å². The number of halogens is 2. The van der Waals surface area contributed by atoms with Gasteiger partial charge in [0.25, 0.3) is 0 Å². The van der Waals surface area contributed by atoms with Gasteiger partial charge in [0, 0.05) is 0 Å². The van der Waals surface area contributed by atoms with Crippen LogP contribution in [0, 0.1) is 0 Å². The van der Waals surface area contributed by atoms with Crippen molar-refractivity contribution in [2.24, 2.45) is 0 Å². The Labute approximate surface area is 153 Å². The molecule has 0 heterocycles. The molecule has 0 aliphatic carbocycles. The van der Waals surface area contributed by atoms with Gasteiger partial charge in [-0.3, -0.25) is 0 Å². The smallest absolute Gasteiger partial charge is 0.137 e. The molecule has 0 fully saturated rings. The molecule has 0 aromatic heterocycles. The van der Waals surface area contributed by atoms with E-state index in [1.165, 1.54) is 0 Å². The molecule has 0 spiro atoms. The first-order valence-electron chi connectivity index (χ1n) is 7.78. The largest absolute Gasteiger partial charge is 0.492 e. The highest BCUT2D eigenvalue weighted by Gasteiger charge is 2.11. The molecule has 126 valence electrons. The predicted molar refractivity (Wildman–Crippen MR) is 103 cm³/mol. The molecule has 0 saturated carbocycles. The zero-order chi connectivity index (χ0) is 17.5. The second kappa shape index (κ2) is 8.81. The van der Waals surface area contributed by atoms with E-state index in [9.17, 15) is 0 Å². The fourth-order valence-corrected chi connectivity index (χ4v) is 2.83. The topological polar surface area (TPSA) is 18.5 Å². The fourth-order valence-electron chi connectivity index (χ4n) is 2.36. The molecular formula is C20H20Cl2O2. The van der Waals surface area contributed by atoms with Crippen LogP contribution >= 0.6 is 23.2 Å². The number of rotatable bonds is 7. The van der Waals surface area contributed by atoms with Crippen molar-refractivity contribution in [3.63, 3.8) is 0 Å². The highest BCUT2D eigenvalue weighted by atomic mass is 35.5. The summed E-state index contributed by atoms with van der Waals surface area (Å²) < 4.78 is 11.0. The molecule has 0 N–H and O–H groups in total. The third-order valence-corrected chi connectivity index (χ3v) is 3.96. The molecule has 0 saturated heterocycles. The summed E-state index contributed by atoms with van der Waals surface area (Å²) in [5.74, 6) is 1.34. The standard InChI is InChI=1S/C20H20Cl2O2/c1-4-7-16(14-8-10-19(23-5-2)17(21)12-14)15-9-11-20(24-6-3)18(22)13-15/h4,7-13H,1,5-6H2,2-3H3. The quantitative estimate of drug-likeness (QED) is 0.529. The molecule has 0 unspecified atom stereocenters. The van der Waals surface area contributed by atoms with E-state index in [-0.39, 0.29) is 0 Å². The third-order valence-electron chi connectivity index (χ3n) is 3.37. The summed E-state index contributed by atoms with van der Waals surface area (Å²) in [4.78, 5) is 0. The zero-order valence-electron chi connectivity index (χ0n) is 13.8. The van der Waals surface area contributed by atoms with E-state index in [0.29, 0.717) is 34.8 Å². The van der Waals surface area contributed by atoms with Crippen molar-refractivity contribution < 1.29 is 9.47 Å². The Hall–Kier alpha value is -1.90. The molecule has 24 heavy (non-hydrogen) atoms. The molecule has 2 aromatic rings. The lowest BCUT2D eigenvalue weighted by Gasteiger charge is -2.13. The Balaban J connectivity index is 2.44. The van der Waals surface area contributed by atoms with Gasteiger partial charge >= 0.3 is 0 Å². The van der Waals surface area contributed by atoms with Crippen LogP contribution in [0.3, 0.4) is 0 Å². The molecule has 0 aliphatic heterocycles. The summed E-state index contributed by atoms with van der Waals surface area (Å²) in [5.41, 5.74) is 2.90. The van der Waals surface area contributed by atoms with Crippen molar-refractivity contribution in [1.82, 2.24) is 0 Å². The van der Waals surface area contributed by atoms with E-state index in [4.69, 9.17) is 32.7 Å². The lowest BCUT2D eigenvalue weighted by Crippen LogP contribution is -1.95. The van der Waals surface area contributed by atoms with Gasteiger partial charge in [0.15, 0.2) is 0 Å². The lowest BCUT2D eigenvalue weighted by atomic mass is 9.97. The van der Waals surface area contributed by atoms with Gasteiger partial charge in [-0.25, -0.2) is 0 Å². The molecular weight excluding hydrogens is 343 g/mol. The molecule has 0 atom stereocenters. The van der Waals surface area contributed by atoms with Crippen LogP contribution in [0.2, 0.25) is 10.0 Å². The van der Waals surface area contributed by atoms with E-state index in [1.54, 1.807) is 6.08 Å². The highest BCUT2D eigenvalue weighted by Crippen LogP contribution is 2.34. The minimum Gasteiger partial charge on any atom is -0.492 e. The average molecular weight is 363 g/mol. The molecule has 2 aromatic carbocycles. The molecule has 0 aliphatic rings. The van der Waals surface area contributed by atoms with Crippen LogP contribution in [-0.4, -0.2) is 13.2 Å². The van der Waals surface area contributed by atoms with Crippen LogP contribution in [0.1, 0.15) is 25.0 Å². The van der Waals surface area contributed by atoms with Gasteiger partial charge in [-0.2, -0.15) is 0 Å². The summed E-state index contributed by atoms with van der Waals surface area (Å²) in [7, 11) is 0. The van der Waals surface area contributed by atoms with Crippen molar-refractivity contribution in [1.29, 1.82) is 0 Å².